The molecule has 2 aromatic rings. The van der Waals surface area contributed by atoms with E-state index < -0.39 is 9.84 Å². The molecular formula is C9H11ClN4O2S. The van der Waals surface area contributed by atoms with Crippen LogP contribution in [0.5, 0.6) is 0 Å². The van der Waals surface area contributed by atoms with Gasteiger partial charge in [-0.3, -0.25) is 0 Å². The van der Waals surface area contributed by atoms with E-state index in [1.165, 1.54) is 6.20 Å². The minimum absolute atomic E-state index is 0.0345. The maximum absolute atomic E-state index is 11.4. The third kappa shape index (κ3) is 2.12. The molecule has 0 saturated carbocycles. The van der Waals surface area contributed by atoms with Crippen molar-refractivity contribution in [2.24, 2.45) is 0 Å². The van der Waals surface area contributed by atoms with Crippen molar-refractivity contribution in [3.8, 4) is 0 Å². The van der Waals surface area contributed by atoms with E-state index >= 15 is 0 Å². The van der Waals surface area contributed by atoms with Gasteiger partial charge in [0.05, 0.1) is 5.39 Å². The van der Waals surface area contributed by atoms with Crippen LogP contribution in [0.2, 0.25) is 5.15 Å². The lowest BCUT2D eigenvalue weighted by molar-refractivity contribution is 0.543. The second kappa shape index (κ2) is 3.92. The van der Waals surface area contributed by atoms with Crippen LogP contribution in [-0.4, -0.2) is 34.4 Å². The van der Waals surface area contributed by atoms with Gasteiger partial charge in [0.2, 0.25) is 15.0 Å². The fourth-order valence-corrected chi connectivity index (χ4v) is 2.12. The predicted molar refractivity (Wildman–Crippen MR) is 63.8 cm³/mol. The summed E-state index contributed by atoms with van der Waals surface area (Å²) in [6, 6.07) is 0.0345. The zero-order chi connectivity index (χ0) is 12.8. The van der Waals surface area contributed by atoms with E-state index in [4.69, 9.17) is 11.6 Å². The Labute approximate surface area is 104 Å². The SMILES string of the molecule is CC(C)n1nc(Cl)c2cnc(S(C)(=O)=O)nc21. The molecule has 0 amide bonds. The predicted octanol–water partition coefficient (Wildman–Crippen LogP) is 1.46. The van der Waals surface area contributed by atoms with Crippen LogP contribution in [0.4, 0.5) is 0 Å². The van der Waals surface area contributed by atoms with E-state index in [1.807, 2.05) is 13.8 Å². The van der Waals surface area contributed by atoms with Gasteiger partial charge in [0.1, 0.15) is 0 Å². The standard InChI is InChI=1S/C9H11ClN4O2S/c1-5(2)14-8-6(7(10)13-14)4-11-9(12-8)17(3,15)16/h4-5H,1-3H3. The van der Waals surface area contributed by atoms with Gasteiger partial charge < -0.3 is 0 Å². The molecule has 6 nitrogen and oxygen atoms in total. The summed E-state index contributed by atoms with van der Waals surface area (Å²) in [7, 11) is -3.43. The number of nitrogens with zero attached hydrogens (tertiary/aromatic N) is 4. The van der Waals surface area contributed by atoms with Gasteiger partial charge >= 0.3 is 0 Å². The van der Waals surface area contributed by atoms with Crippen molar-refractivity contribution in [1.29, 1.82) is 0 Å². The maximum Gasteiger partial charge on any atom is 0.248 e. The van der Waals surface area contributed by atoms with Crippen molar-refractivity contribution < 1.29 is 8.42 Å². The van der Waals surface area contributed by atoms with E-state index in [0.29, 0.717) is 11.0 Å². The minimum atomic E-state index is -3.43. The van der Waals surface area contributed by atoms with Crippen molar-refractivity contribution in [1.82, 2.24) is 19.7 Å². The van der Waals surface area contributed by atoms with Crippen LogP contribution in [0.3, 0.4) is 0 Å². The normalized spacial score (nSPS) is 12.5. The van der Waals surface area contributed by atoms with Gasteiger partial charge in [-0.2, -0.15) is 10.1 Å². The Kier molecular flexibility index (Phi) is 2.82. The maximum atomic E-state index is 11.4. The molecule has 0 aliphatic rings. The van der Waals surface area contributed by atoms with E-state index in [-0.39, 0.29) is 16.4 Å². The first-order valence-corrected chi connectivity index (χ1v) is 7.18. The summed E-state index contributed by atoms with van der Waals surface area (Å²) in [4.78, 5) is 7.78. The molecule has 92 valence electrons. The smallest absolute Gasteiger partial charge is 0.243 e. The highest BCUT2D eigenvalue weighted by Crippen LogP contribution is 2.23. The highest BCUT2D eigenvalue weighted by molar-refractivity contribution is 7.90. The van der Waals surface area contributed by atoms with Crippen LogP contribution in [0.1, 0.15) is 19.9 Å². The molecule has 0 atom stereocenters. The fraction of sp³-hybridized carbons (Fsp3) is 0.444. The molecule has 0 bridgehead atoms. The zero-order valence-corrected chi connectivity index (χ0v) is 11.1. The third-order valence-electron chi connectivity index (χ3n) is 2.20. The lowest BCUT2D eigenvalue weighted by atomic mass is 10.4. The highest BCUT2D eigenvalue weighted by Gasteiger charge is 2.17. The Balaban J connectivity index is 2.80. The summed E-state index contributed by atoms with van der Waals surface area (Å²) >= 11 is 5.93. The first kappa shape index (κ1) is 12.3. The molecule has 0 aliphatic heterocycles. The van der Waals surface area contributed by atoms with Crippen molar-refractivity contribution in [3.05, 3.63) is 11.3 Å². The number of aromatic nitrogens is 4. The molecule has 2 aromatic heterocycles. The Morgan fingerprint density at radius 1 is 1.41 bits per heavy atom. The average molecular weight is 275 g/mol. The van der Waals surface area contributed by atoms with Gasteiger partial charge in [-0.25, -0.2) is 18.1 Å². The zero-order valence-electron chi connectivity index (χ0n) is 9.55. The van der Waals surface area contributed by atoms with Crippen molar-refractivity contribution in [2.45, 2.75) is 25.0 Å². The number of rotatable bonds is 2. The van der Waals surface area contributed by atoms with Gasteiger partial charge in [0, 0.05) is 18.5 Å². The lowest BCUT2D eigenvalue weighted by Crippen LogP contribution is -2.07. The Morgan fingerprint density at radius 2 is 2.06 bits per heavy atom. The summed E-state index contributed by atoms with van der Waals surface area (Å²) in [6.07, 6.45) is 2.44. The van der Waals surface area contributed by atoms with Crippen LogP contribution in [0.15, 0.2) is 11.4 Å². The van der Waals surface area contributed by atoms with Crippen LogP contribution >= 0.6 is 11.6 Å². The van der Waals surface area contributed by atoms with Gasteiger partial charge in [0.25, 0.3) is 0 Å². The van der Waals surface area contributed by atoms with E-state index in [2.05, 4.69) is 15.1 Å². The highest BCUT2D eigenvalue weighted by atomic mass is 35.5. The molecule has 17 heavy (non-hydrogen) atoms. The molecule has 0 fully saturated rings. The summed E-state index contributed by atoms with van der Waals surface area (Å²) in [5.41, 5.74) is 0.431. The molecule has 2 heterocycles. The van der Waals surface area contributed by atoms with Crippen LogP contribution in [0, 0.1) is 0 Å². The molecule has 0 aromatic carbocycles. The fourth-order valence-electron chi connectivity index (χ4n) is 1.41. The largest absolute Gasteiger partial charge is 0.248 e. The molecule has 0 radical (unpaired) electrons. The van der Waals surface area contributed by atoms with Crippen LogP contribution in [0.25, 0.3) is 11.0 Å². The molecule has 0 aliphatic carbocycles. The van der Waals surface area contributed by atoms with Crippen molar-refractivity contribution in [3.63, 3.8) is 0 Å². The van der Waals surface area contributed by atoms with Crippen molar-refractivity contribution >= 4 is 32.5 Å². The molecule has 0 saturated heterocycles. The van der Waals surface area contributed by atoms with Crippen LogP contribution < -0.4 is 0 Å². The first-order valence-electron chi connectivity index (χ1n) is 4.91. The lowest BCUT2D eigenvalue weighted by Gasteiger charge is -2.05. The number of fused-ring (bicyclic) bond motifs is 1. The molecule has 0 spiro atoms. The Morgan fingerprint density at radius 3 is 2.59 bits per heavy atom. The van der Waals surface area contributed by atoms with E-state index in [1.54, 1.807) is 4.68 Å². The number of hydrogen-bond donors (Lipinski definition) is 0. The quantitative estimate of drug-likeness (QED) is 0.775. The number of sulfone groups is 1. The van der Waals surface area contributed by atoms with Gasteiger partial charge in [-0.1, -0.05) is 11.6 Å². The Hall–Kier alpha value is -1.21. The Bertz CT molecular complexity index is 678. The summed E-state index contributed by atoms with van der Waals surface area (Å²) in [5, 5.41) is 4.70. The number of halogens is 1. The summed E-state index contributed by atoms with van der Waals surface area (Å²) in [5.74, 6) is 0. The van der Waals surface area contributed by atoms with Gasteiger partial charge in [0.15, 0.2) is 10.8 Å². The first-order chi connectivity index (χ1) is 7.80. The second-order valence-corrected chi connectivity index (χ2v) is 6.26. The van der Waals surface area contributed by atoms with Crippen molar-refractivity contribution in [2.75, 3.05) is 6.26 Å². The summed E-state index contributed by atoms with van der Waals surface area (Å²) < 4.78 is 24.3. The molecule has 0 unspecified atom stereocenters. The topological polar surface area (TPSA) is 77.7 Å². The monoisotopic (exact) mass is 274 g/mol. The van der Waals surface area contributed by atoms with E-state index in [0.717, 1.165) is 6.26 Å². The molecular weight excluding hydrogens is 264 g/mol. The minimum Gasteiger partial charge on any atom is -0.243 e. The molecule has 0 N–H and O–H groups in total. The summed E-state index contributed by atoms with van der Waals surface area (Å²) in [6.45, 7) is 3.82. The number of hydrogen-bond acceptors (Lipinski definition) is 5. The van der Waals surface area contributed by atoms with Gasteiger partial charge in [-0.15, -0.1) is 0 Å². The average Bonchev–Trinajstić information content (AvgIpc) is 2.54. The van der Waals surface area contributed by atoms with E-state index in [9.17, 15) is 8.42 Å². The van der Waals surface area contributed by atoms with Gasteiger partial charge in [-0.05, 0) is 13.8 Å². The van der Waals surface area contributed by atoms with Crippen LogP contribution in [-0.2, 0) is 9.84 Å². The third-order valence-corrected chi connectivity index (χ3v) is 3.34. The second-order valence-electron chi connectivity index (χ2n) is 3.99. The molecule has 2 rings (SSSR count). The molecule has 8 heteroatoms.